The maximum Gasteiger partial charge on any atom is 0.418 e. The first-order chi connectivity index (χ1) is 19.5. The molecule has 1 aliphatic carbocycles. The fourth-order valence-electron chi connectivity index (χ4n) is 6.42. The van der Waals surface area contributed by atoms with Gasteiger partial charge in [-0.05, 0) is 61.9 Å². The van der Waals surface area contributed by atoms with Crippen molar-refractivity contribution in [3.8, 4) is 5.69 Å². The largest absolute Gasteiger partial charge is 0.418 e. The number of hydrogen-bond acceptors (Lipinski definition) is 5. The Morgan fingerprint density at radius 2 is 1.85 bits per heavy atom. The molecule has 3 aromatic heterocycles. The molecule has 8 nitrogen and oxygen atoms in total. The molecule has 218 valence electrons. The summed E-state index contributed by atoms with van der Waals surface area (Å²) in [6.45, 7) is 2.69. The van der Waals surface area contributed by atoms with Gasteiger partial charge in [0.15, 0.2) is 0 Å². The van der Waals surface area contributed by atoms with Crippen molar-refractivity contribution in [3.05, 3.63) is 82.1 Å². The molecule has 12 heteroatoms. The summed E-state index contributed by atoms with van der Waals surface area (Å²) in [5, 5.41) is 8.40. The van der Waals surface area contributed by atoms with Crippen molar-refractivity contribution in [2.45, 2.75) is 62.5 Å². The number of piperidine rings is 1. The van der Waals surface area contributed by atoms with E-state index in [1.54, 1.807) is 32.5 Å². The molecular formula is C29H32F4N6O2. The van der Waals surface area contributed by atoms with Crippen LogP contribution in [0.25, 0.3) is 11.2 Å². The maximum atomic E-state index is 14.3. The standard InChI is InChI=1S/C29H32F4N6O2/c1-18(37-9-7-21(30)8-10-37)19-11-24(29(31,32)33)25-16-38(27(40)39(25)15-19)22-6-4-5-20(12-22)28(13-23(14-28)41-3)26-35-34-17-36(26)2/h4-6,11-12,15-18,21,23H,7-10,13-14H2,1-3H3/t18-,23?,28?/m0/s1. The number of imidazole rings is 1. The van der Waals surface area contributed by atoms with Crippen LogP contribution < -0.4 is 5.69 Å². The van der Waals surface area contributed by atoms with Crippen LogP contribution in [0.15, 0.2) is 53.8 Å². The number of aromatic nitrogens is 5. The van der Waals surface area contributed by atoms with E-state index in [1.165, 1.54) is 17.0 Å². The Bertz CT molecular complexity index is 1630. The monoisotopic (exact) mass is 572 g/mol. The lowest BCUT2D eigenvalue weighted by Crippen LogP contribution is -2.48. The fourth-order valence-corrected chi connectivity index (χ4v) is 6.42. The van der Waals surface area contributed by atoms with Gasteiger partial charge in [0.1, 0.15) is 18.3 Å². The zero-order chi connectivity index (χ0) is 29.1. The highest BCUT2D eigenvalue weighted by molar-refractivity contribution is 5.58. The molecule has 0 bridgehead atoms. The molecule has 1 saturated heterocycles. The minimum Gasteiger partial charge on any atom is -0.381 e. The van der Waals surface area contributed by atoms with Crippen molar-refractivity contribution >= 4 is 5.52 Å². The molecule has 6 rings (SSSR count). The van der Waals surface area contributed by atoms with Crippen molar-refractivity contribution in [2.24, 2.45) is 7.05 Å². The van der Waals surface area contributed by atoms with Gasteiger partial charge in [0.2, 0.25) is 0 Å². The first-order valence-corrected chi connectivity index (χ1v) is 13.7. The molecule has 41 heavy (non-hydrogen) atoms. The lowest BCUT2D eigenvalue weighted by atomic mass is 9.62. The number of alkyl halides is 4. The summed E-state index contributed by atoms with van der Waals surface area (Å²) in [6.07, 6.45) is 0.812. The number of fused-ring (bicyclic) bond motifs is 1. The van der Waals surface area contributed by atoms with Crippen LogP contribution >= 0.6 is 0 Å². The second-order valence-electron chi connectivity index (χ2n) is 11.3. The number of likely N-dealkylation sites (tertiary alicyclic amines) is 1. The van der Waals surface area contributed by atoms with E-state index < -0.39 is 35.1 Å². The molecule has 1 saturated carbocycles. The van der Waals surface area contributed by atoms with Crippen molar-refractivity contribution < 1.29 is 22.3 Å². The van der Waals surface area contributed by atoms with E-state index in [-0.39, 0.29) is 11.6 Å². The third kappa shape index (κ3) is 4.66. The molecule has 1 aromatic carbocycles. The number of ether oxygens (including phenoxy) is 1. The third-order valence-corrected chi connectivity index (χ3v) is 8.88. The van der Waals surface area contributed by atoms with E-state index in [9.17, 15) is 22.4 Å². The summed E-state index contributed by atoms with van der Waals surface area (Å²) in [5.41, 5.74) is -0.525. The Morgan fingerprint density at radius 1 is 1.12 bits per heavy atom. The Morgan fingerprint density at radius 3 is 2.49 bits per heavy atom. The van der Waals surface area contributed by atoms with Gasteiger partial charge in [-0.25, -0.2) is 9.18 Å². The lowest BCUT2D eigenvalue weighted by Gasteiger charge is -2.46. The van der Waals surface area contributed by atoms with Gasteiger partial charge in [-0.3, -0.25) is 13.9 Å². The molecule has 2 aliphatic rings. The van der Waals surface area contributed by atoms with Gasteiger partial charge >= 0.3 is 11.9 Å². The number of pyridine rings is 1. The Labute approximate surface area is 234 Å². The summed E-state index contributed by atoms with van der Waals surface area (Å²) in [6, 6.07) is 7.98. The van der Waals surface area contributed by atoms with E-state index in [0.29, 0.717) is 50.0 Å². The highest BCUT2D eigenvalue weighted by Crippen LogP contribution is 2.49. The number of methoxy groups -OCH3 is 1. The summed E-state index contributed by atoms with van der Waals surface area (Å²) in [7, 11) is 3.52. The van der Waals surface area contributed by atoms with Crippen LogP contribution in [0.5, 0.6) is 0 Å². The zero-order valence-corrected chi connectivity index (χ0v) is 23.1. The van der Waals surface area contributed by atoms with Crippen LogP contribution in [0.3, 0.4) is 0 Å². The first-order valence-electron chi connectivity index (χ1n) is 13.7. The predicted octanol–water partition coefficient (Wildman–Crippen LogP) is 4.83. The average Bonchev–Trinajstić information content (AvgIpc) is 3.50. The van der Waals surface area contributed by atoms with Crippen molar-refractivity contribution in [1.82, 2.24) is 28.6 Å². The Balaban J connectivity index is 1.44. The highest BCUT2D eigenvalue weighted by atomic mass is 19.4. The van der Waals surface area contributed by atoms with Crippen LogP contribution in [0.2, 0.25) is 0 Å². The lowest BCUT2D eigenvalue weighted by molar-refractivity contribution is -0.136. The molecule has 4 aromatic rings. The van der Waals surface area contributed by atoms with Gasteiger partial charge in [0, 0.05) is 45.7 Å². The van der Waals surface area contributed by atoms with Gasteiger partial charge < -0.3 is 9.30 Å². The number of halogens is 4. The van der Waals surface area contributed by atoms with E-state index in [4.69, 9.17) is 4.74 Å². The highest BCUT2D eigenvalue weighted by Gasteiger charge is 2.50. The molecule has 0 radical (unpaired) electrons. The number of aryl methyl sites for hydroxylation is 1. The molecule has 0 N–H and O–H groups in total. The van der Waals surface area contributed by atoms with Gasteiger partial charge in [0.25, 0.3) is 0 Å². The normalized spacial score (nSPS) is 23.1. The summed E-state index contributed by atoms with van der Waals surface area (Å²) in [5.74, 6) is 0.757. The minimum atomic E-state index is -4.68. The number of nitrogens with zero attached hydrogens (tertiary/aromatic N) is 6. The van der Waals surface area contributed by atoms with Gasteiger partial charge in [0.05, 0.1) is 28.3 Å². The second kappa shape index (κ2) is 10.1. The summed E-state index contributed by atoms with van der Waals surface area (Å²) < 4.78 is 66.4. The molecule has 4 heterocycles. The average molecular weight is 573 g/mol. The van der Waals surface area contributed by atoms with E-state index in [0.717, 1.165) is 21.9 Å². The number of benzene rings is 1. The second-order valence-corrected chi connectivity index (χ2v) is 11.3. The molecule has 0 unspecified atom stereocenters. The SMILES string of the molecule is COC1CC(c2cccc(-n3cc4c(C(F)(F)F)cc([C@H](C)N5CCC(F)CC5)cn4c3=O)c2)(c2nncn2C)C1. The fraction of sp³-hybridized carbons (Fsp3) is 0.483. The molecule has 2 fully saturated rings. The number of hydrogen-bond donors (Lipinski definition) is 0. The minimum absolute atomic E-state index is 0.0283. The van der Waals surface area contributed by atoms with Crippen molar-refractivity contribution in [1.29, 1.82) is 0 Å². The van der Waals surface area contributed by atoms with Crippen LogP contribution in [0.4, 0.5) is 17.6 Å². The summed E-state index contributed by atoms with van der Waals surface area (Å²) in [4.78, 5) is 15.6. The molecule has 0 spiro atoms. The molecule has 1 atom stereocenters. The van der Waals surface area contributed by atoms with Gasteiger partial charge in [-0.15, -0.1) is 10.2 Å². The van der Waals surface area contributed by atoms with Gasteiger partial charge in [-0.2, -0.15) is 13.2 Å². The Hall–Kier alpha value is -3.51. The smallest absolute Gasteiger partial charge is 0.381 e. The van der Waals surface area contributed by atoms with Crippen LogP contribution in [0.1, 0.15) is 61.2 Å². The van der Waals surface area contributed by atoms with Crippen LogP contribution in [-0.4, -0.2) is 61.1 Å². The molecular weight excluding hydrogens is 540 g/mol. The third-order valence-electron chi connectivity index (χ3n) is 8.88. The molecule has 1 aliphatic heterocycles. The topological polar surface area (TPSA) is 69.6 Å². The quantitative estimate of drug-likeness (QED) is 0.310. The zero-order valence-electron chi connectivity index (χ0n) is 23.1. The van der Waals surface area contributed by atoms with Crippen LogP contribution in [-0.2, 0) is 23.4 Å². The first kappa shape index (κ1) is 27.6. The summed E-state index contributed by atoms with van der Waals surface area (Å²) >= 11 is 0. The maximum absolute atomic E-state index is 14.3. The van der Waals surface area contributed by atoms with Crippen molar-refractivity contribution in [2.75, 3.05) is 20.2 Å². The van der Waals surface area contributed by atoms with E-state index in [2.05, 4.69) is 10.2 Å². The predicted molar refractivity (Wildman–Crippen MR) is 144 cm³/mol. The molecule has 0 amide bonds. The Kier molecular flexibility index (Phi) is 6.80. The van der Waals surface area contributed by atoms with Crippen LogP contribution in [0, 0.1) is 0 Å². The van der Waals surface area contributed by atoms with E-state index >= 15 is 0 Å². The number of rotatable bonds is 6. The van der Waals surface area contributed by atoms with Gasteiger partial charge in [-0.1, -0.05) is 12.1 Å². The van der Waals surface area contributed by atoms with E-state index in [1.807, 2.05) is 28.6 Å². The van der Waals surface area contributed by atoms with Crippen molar-refractivity contribution in [3.63, 3.8) is 0 Å².